The second kappa shape index (κ2) is 7.63. The molecular formula is C19H12F5N3O. The Hall–Kier alpha value is -3.49. The minimum atomic E-state index is -4.48. The van der Waals surface area contributed by atoms with E-state index in [1.165, 1.54) is 36.7 Å². The van der Waals surface area contributed by atoms with Crippen LogP contribution in [0.4, 0.5) is 39.0 Å². The van der Waals surface area contributed by atoms with Gasteiger partial charge >= 0.3 is 6.18 Å². The van der Waals surface area contributed by atoms with E-state index in [0.717, 1.165) is 24.3 Å². The van der Waals surface area contributed by atoms with Crippen molar-refractivity contribution in [3.05, 3.63) is 83.7 Å². The van der Waals surface area contributed by atoms with Crippen molar-refractivity contribution < 1.29 is 26.7 Å². The van der Waals surface area contributed by atoms with Gasteiger partial charge in [0.05, 0.1) is 23.0 Å². The zero-order valence-electron chi connectivity index (χ0n) is 14.0. The van der Waals surface area contributed by atoms with Gasteiger partial charge in [0.2, 0.25) is 0 Å². The SMILES string of the molecule is O=C(Nc1ccc(F)c(F)c1)c1cncc(Nc2cccc(C(F)(F)F)c2)c1. The molecule has 0 aliphatic rings. The average molecular weight is 393 g/mol. The summed E-state index contributed by atoms with van der Waals surface area (Å²) in [5.41, 5.74) is -0.272. The summed E-state index contributed by atoms with van der Waals surface area (Å²) in [7, 11) is 0. The maximum Gasteiger partial charge on any atom is 0.416 e. The highest BCUT2D eigenvalue weighted by molar-refractivity contribution is 6.04. The van der Waals surface area contributed by atoms with Crippen LogP contribution in [-0.4, -0.2) is 10.9 Å². The number of rotatable bonds is 4. The number of nitrogens with zero attached hydrogens (tertiary/aromatic N) is 1. The minimum absolute atomic E-state index is 0.0418. The third-order valence-electron chi connectivity index (χ3n) is 3.66. The number of hydrogen-bond acceptors (Lipinski definition) is 3. The van der Waals surface area contributed by atoms with E-state index in [1.807, 2.05) is 0 Å². The molecule has 1 aromatic heterocycles. The van der Waals surface area contributed by atoms with Crippen molar-refractivity contribution in [2.24, 2.45) is 0 Å². The van der Waals surface area contributed by atoms with Gasteiger partial charge in [-0.25, -0.2) is 8.78 Å². The largest absolute Gasteiger partial charge is 0.416 e. The fraction of sp³-hybridized carbons (Fsp3) is 0.0526. The highest BCUT2D eigenvalue weighted by Gasteiger charge is 2.30. The molecule has 0 fully saturated rings. The first-order chi connectivity index (χ1) is 13.2. The summed E-state index contributed by atoms with van der Waals surface area (Å²) in [6, 6.07) is 8.79. The summed E-state index contributed by atoms with van der Waals surface area (Å²) in [4.78, 5) is 16.1. The summed E-state index contributed by atoms with van der Waals surface area (Å²) in [6.45, 7) is 0. The minimum Gasteiger partial charge on any atom is -0.354 e. The van der Waals surface area contributed by atoms with Crippen LogP contribution in [0.3, 0.4) is 0 Å². The Kier molecular flexibility index (Phi) is 5.25. The van der Waals surface area contributed by atoms with Crippen LogP contribution in [0.5, 0.6) is 0 Å². The molecule has 3 rings (SSSR count). The van der Waals surface area contributed by atoms with Crippen LogP contribution < -0.4 is 10.6 Å². The van der Waals surface area contributed by atoms with E-state index in [2.05, 4.69) is 15.6 Å². The van der Waals surface area contributed by atoms with Gasteiger partial charge in [0.15, 0.2) is 11.6 Å². The van der Waals surface area contributed by atoms with Crippen LogP contribution in [0.25, 0.3) is 0 Å². The number of aromatic nitrogens is 1. The molecule has 3 aromatic rings. The van der Waals surface area contributed by atoms with Gasteiger partial charge in [-0.05, 0) is 36.4 Å². The fourth-order valence-electron chi connectivity index (χ4n) is 2.35. The lowest BCUT2D eigenvalue weighted by Gasteiger charge is -2.11. The lowest BCUT2D eigenvalue weighted by molar-refractivity contribution is -0.137. The van der Waals surface area contributed by atoms with E-state index in [4.69, 9.17) is 0 Å². The Morgan fingerprint density at radius 2 is 1.64 bits per heavy atom. The van der Waals surface area contributed by atoms with Gasteiger partial charge in [0, 0.05) is 23.6 Å². The van der Waals surface area contributed by atoms with E-state index >= 15 is 0 Å². The smallest absolute Gasteiger partial charge is 0.354 e. The van der Waals surface area contributed by atoms with Crippen LogP contribution in [0, 0.1) is 11.6 Å². The Morgan fingerprint density at radius 1 is 0.857 bits per heavy atom. The highest BCUT2D eigenvalue weighted by atomic mass is 19.4. The normalized spacial score (nSPS) is 11.2. The Labute approximate surface area is 156 Å². The van der Waals surface area contributed by atoms with E-state index < -0.39 is 29.3 Å². The summed E-state index contributed by atoms with van der Waals surface area (Å²) >= 11 is 0. The number of hydrogen-bond donors (Lipinski definition) is 2. The molecule has 0 unspecified atom stereocenters. The second-order valence-electron chi connectivity index (χ2n) is 5.75. The molecule has 1 heterocycles. The molecule has 0 bridgehead atoms. The number of carbonyl (C=O) groups excluding carboxylic acids is 1. The lowest BCUT2D eigenvalue weighted by atomic mass is 10.2. The molecule has 4 nitrogen and oxygen atoms in total. The molecule has 0 aliphatic heterocycles. The van der Waals surface area contributed by atoms with Crippen molar-refractivity contribution >= 4 is 23.0 Å². The van der Waals surface area contributed by atoms with Gasteiger partial charge in [0.1, 0.15) is 0 Å². The Bertz CT molecular complexity index is 1020. The van der Waals surface area contributed by atoms with Gasteiger partial charge < -0.3 is 10.6 Å². The second-order valence-corrected chi connectivity index (χ2v) is 5.75. The van der Waals surface area contributed by atoms with E-state index in [-0.39, 0.29) is 22.6 Å². The molecule has 0 radical (unpaired) electrons. The molecule has 0 saturated heterocycles. The zero-order valence-corrected chi connectivity index (χ0v) is 14.0. The molecular weight excluding hydrogens is 381 g/mol. The molecule has 144 valence electrons. The number of amides is 1. The maximum absolute atomic E-state index is 13.2. The van der Waals surface area contributed by atoms with E-state index in [1.54, 1.807) is 0 Å². The van der Waals surface area contributed by atoms with Crippen LogP contribution in [0.15, 0.2) is 60.9 Å². The number of anilines is 3. The maximum atomic E-state index is 13.2. The van der Waals surface area contributed by atoms with E-state index in [0.29, 0.717) is 0 Å². The molecule has 0 spiro atoms. The van der Waals surface area contributed by atoms with Gasteiger partial charge in [-0.2, -0.15) is 13.2 Å². The number of halogens is 5. The molecule has 2 N–H and O–H groups in total. The Balaban J connectivity index is 1.76. The summed E-state index contributed by atoms with van der Waals surface area (Å²) in [5, 5.41) is 5.12. The number of pyridine rings is 1. The van der Waals surface area contributed by atoms with Gasteiger partial charge in [-0.15, -0.1) is 0 Å². The molecule has 2 aromatic carbocycles. The van der Waals surface area contributed by atoms with Crippen LogP contribution >= 0.6 is 0 Å². The van der Waals surface area contributed by atoms with Crippen LogP contribution in [-0.2, 0) is 6.18 Å². The molecule has 9 heteroatoms. The predicted molar refractivity (Wildman–Crippen MR) is 93.3 cm³/mol. The van der Waals surface area contributed by atoms with Gasteiger partial charge in [-0.3, -0.25) is 9.78 Å². The Morgan fingerprint density at radius 3 is 2.36 bits per heavy atom. The third kappa shape index (κ3) is 4.61. The summed E-state index contributed by atoms with van der Waals surface area (Å²) in [6.07, 6.45) is -1.93. The van der Waals surface area contributed by atoms with Crippen LogP contribution in [0.2, 0.25) is 0 Å². The molecule has 0 saturated carbocycles. The highest BCUT2D eigenvalue weighted by Crippen LogP contribution is 2.31. The molecule has 28 heavy (non-hydrogen) atoms. The van der Waals surface area contributed by atoms with Crippen molar-refractivity contribution in [2.45, 2.75) is 6.18 Å². The van der Waals surface area contributed by atoms with Crippen molar-refractivity contribution in [2.75, 3.05) is 10.6 Å². The first-order valence-corrected chi connectivity index (χ1v) is 7.88. The predicted octanol–water partition coefficient (Wildman–Crippen LogP) is 5.37. The van der Waals surface area contributed by atoms with Gasteiger partial charge in [-0.1, -0.05) is 6.07 Å². The standard InChI is InChI=1S/C19H12F5N3O/c20-16-5-4-14(8-17(16)21)27-18(28)11-6-15(10-25-9-11)26-13-3-1-2-12(7-13)19(22,23)24/h1-10,26H,(H,27,28). The number of alkyl halides is 3. The average Bonchev–Trinajstić information content (AvgIpc) is 2.64. The lowest BCUT2D eigenvalue weighted by Crippen LogP contribution is -2.13. The van der Waals surface area contributed by atoms with E-state index in [9.17, 15) is 26.7 Å². The summed E-state index contributed by atoms with van der Waals surface area (Å²) < 4.78 is 64.6. The quantitative estimate of drug-likeness (QED) is 0.586. The molecule has 0 aliphatic carbocycles. The zero-order chi connectivity index (χ0) is 20.3. The molecule has 1 amide bonds. The van der Waals surface area contributed by atoms with Gasteiger partial charge in [0.25, 0.3) is 5.91 Å². The summed E-state index contributed by atoms with van der Waals surface area (Å²) in [5.74, 6) is -2.81. The monoisotopic (exact) mass is 393 g/mol. The number of carbonyl (C=O) groups is 1. The number of benzene rings is 2. The molecule has 0 atom stereocenters. The van der Waals surface area contributed by atoms with Crippen LogP contribution in [0.1, 0.15) is 15.9 Å². The first-order valence-electron chi connectivity index (χ1n) is 7.88. The van der Waals surface area contributed by atoms with Crippen molar-refractivity contribution in [3.8, 4) is 0 Å². The first kappa shape index (κ1) is 19.3. The fourth-order valence-corrected chi connectivity index (χ4v) is 2.35. The third-order valence-corrected chi connectivity index (χ3v) is 3.66. The van der Waals surface area contributed by atoms with Crippen molar-refractivity contribution in [3.63, 3.8) is 0 Å². The van der Waals surface area contributed by atoms with Crippen molar-refractivity contribution in [1.29, 1.82) is 0 Å². The topological polar surface area (TPSA) is 54.0 Å². The van der Waals surface area contributed by atoms with Crippen molar-refractivity contribution in [1.82, 2.24) is 4.98 Å². The number of nitrogens with one attached hydrogen (secondary N) is 2.